The molecule has 0 aromatic heterocycles. The number of phenolic OH excluding ortho intramolecular Hbond substituents is 1. The lowest BCUT2D eigenvalue weighted by Crippen LogP contribution is -2.53. The molecule has 0 spiro atoms. The zero-order valence-electron chi connectivity index (χ0n) is 17.1. The van der Waals surface area contributed by atoms with E-state index in [4.69, 9.17) is 9.47 Å². The molecule has 0 aliphatic heterocycles. The summed E-state index contributed by atoms with van der Waals surface area (Å²) in [6.45, 7) is 3.78. The van der Waals surface area contributed by atoms with E-state index in [0.717, 1.165) is 22.1 Å². The Morgan fingerprint density at radius 2 is 1.50 bits per heavy atom. The van der Waals surface area contributed by atoms with E-state index in [1.807, 2.05) is 54.6 Å². The molecular formula is C25H24O5. The van der Waals surface area contributed by atoms with Crippen LogP contribution in [0.25, 0.3) is 10.8 Å². The van der Waals surface area contributed by atoms with Crippen LogP contribution in [0.1, 0.15) is 30.5 Å². The summed E-state index contributed by atoms with van der Waals surface area (Å²) in [4.78, 5) is 26.2. The van der Waals surface area contributed by atoms with Gasteiger partial charge in [-0.2, -0.15) is 0 Å². The van der Waals surface area contributed by atoms with Crippen LogP contribution in [0.2, 0.25) is 0 Å². The topological polar surface area (TPSA) is 72.8 Å². The summed E-state index contributed by atoms with van der Waals surface area (Å²) in [7, 11) is 0. The molecule has 3 aromatic rings. The first-order valence-corrected chi connectivity index (χ1v) is 10.2. The molecular weight excluding hydrogens is 380 g/mol. The number of rotatable bonds is 6. The molecule has 0 saturated carbocycles. The number of esters is 2. The second-order valence-electron chi connectivity index (χ2n) is 7.43. The highest BCUT2D eigenvalue weighted by Crippen LogP contribution is 2.56. The van der Waals surface area contributed by atoms with Crippen LogP contribution in [0.3, 0.4) is 0 Å². The van der Waals surface area contributed by atoms with Crippen molar-refractivity contribution in [3.63, 3.8) is 0 Å². The summed E-state index contributed by atoms with van der Waals surface area (Å²) in [5.74, 6) is -2.14. The van der Waals surface area contributed by atoms with E-state index in [1.54, 1.807) is 19.9 Å². The highest BCUT2D eigenvalue weighted by Gasteiger charge is 2.58. The molecule has 1 atom stereocenters. The zero-order valence-corrected chi connectivity index (χ0v) is 17.1. The lowest BCUT2D eigenvalue weighted by Gasteiger charge is -2.48. The van der Waals surface area contributed by atoms with Gasteiger partial charge in [-0.15, -0.1) is 0 Å². The van der Waals surface area contributed by atoms with E-state index >= 15 is 0 Å². The van der Waals surface area contributed by atoms with E-state index in [1.165, 1.54) is 0 Å². The standard InChI is InChI=1S/C25H24O5/c1-3-29-23(27)22(24(28)30-4-2)25(17-10-6-5-7-11-17)15-16-14-20(26)18-12-8-9-13-19(18)21(16)25/h5-14,22,26H,3-4,15H2,1-2H3/t25-/m1/s1. The number of fused-ring (bicyclic) bond motifs is 3. The van der Waals surface area contributed by atoms with Crippen LogP contribution in [-0.2, 0) is 30.9 Å². The number of phenols is 1. The predicted octanol–water partition coefficient (Wildman–Crippen LogP) is 4.13. The molecule has 1 aliphatic rings. The second kappa shape index (κ2) is 7.82. The van der Waals surface area contributed by atoms with E-state index in [0.29, 0.717) is 11.8 Å². The van der Waals surface area contributed by atoms with Crippen LogP contribution in [0.4, 0.5) is 0 Å². The highest BCUT2D eigenvalue weighted by molar-refractivity contribution is 6.02. The van der Waals surface area contributed by atoms with Gasteiger partial charge in [-0.3, -0.25) is 9.59 Å². The number of carbonyl (C=O) groups excluding carboxylic acids is 2. The first-order chi connectivity index (χ1) is 14.5. The largest absolute Gasteiger partial charge is 0.507 e. The smallest absolute Gasteiger partial charge is 0.321 e. The van der Waals surface area contributed by atoms with Gasteiger partial charge in [0, 0.05) is 10.8 Å². The minimum Gasteiger partial charge on any atom is -0.507 e. The van der Waals surface area contributed by atoms with Gasteiger partial charge < -0.3 is 14.6 Å². The van der Waals surface area contributed by atoms with Gasteiger partial charge in [0.1, 0.15) is 5.75 Å². The lowest BCUT2D eigenvalue weighted by atomic mass is 9.53. The van der Waals surface area contributed by atoms with E-state index in [-0.39, 0.29) is 19.0 Å². The van der Waals surface area contributed by atoms with Gasteiger partial charge in [0.25, 0.3) is 0 Å². The van der Waals surface area contributed by atoms with Gasteiger partial charge in [-0.1, -0.05) is 54.6 Å². The minimum absolute atomic E-state index is 0.169. The fourth-order valence-corrected chi connectivity index (χ4v) is 4.71. The number of carbonyl (C=O) groups is 2. The van der Waals surface area contributed by atoms with Gasteiger partial charge in [0.2, 0.25) is 0 Å². The summed E-state index contributed by atoms with van der Waals surface area (Å²) in [5, 5.41) is 12.0. The van der Waals surface area contributed by atoms with Crippen LogP contribution < -0.4 is 0 Å². The number of aromatic hydroxyl groups is 1. The first-order valence-electron chi connectivity index (χ1n) is 10.2. The van der Waals surface area contributed by atoms with Crippen LogP contribution in [0, 0.1) is 5.92 Å². The van der Waals surface area contributed by atoms with Gasteiger partial charge in [0.05, 0.1) is 13.2 Å². The maximum Gasteiger partial charge on any atom is 0.321 e. The zero-order chi connectivity index (χ0) is 21.3. The molecule has 0 heterocycles. The molecule has 0 fully saturated rings. The second-order valence-corrected chi connectivity index (χ2v) is 7.43. The Hall–Kier alpha value is -3.34. The summed E-state index contributed by atoms with van der Waals surface area (Å²) in [6.07, 6.45) is 0.424. The Kier molecular flexibility index (Phi) is 5.20. The van der Waals surface area contributed by atoms with Crippen molar-refractivity contribution in [2.45, 2.75) is 25.7 Å². The van der Waals surface area contributed by atoms with Crippen LogP contribution in [0.15, 0.2) is 60.7 Å². The molecule has 5 heteroatoms. The molecule has 0 saturated heterocycles. The number of benzene rings is 3. The molecule has 5 nitrogen and oxygen atoms in total. The molecule has 1 N–H and O–H groups in total. The quantitative estimate of drug-likeness (QED) is 0.494. The predicted molar refractivity (Wildman–Crippen MR) is 113 cm³/mol. The average molecular weight is 404 g/mol. The molecule has 0 bridgehead atoms. The SMILES string of the molecule is CCOC(=O)C(C(=O)OCC)[C@@]1(c2ccccc2)Cc2cc(O)c3ccccc3c21. The molecule has 154 valence electrons. The van der Waals surface area contributed by atoms with Crippen LogP contribution in [0.5, 0.6) is 5.75 Å². The number of hydrogen-bond donors (Lipinski definition) is 1. The van der Waals surface area contributed by atoms with Crippen molar-refractivity contribution >= 4 is 22.7 Å². The first kappa shape index (κ1) is 20.0. The lowest BCUT2D eigenvalue weighted by molar-refractivity contribution is -0.165. The third-order valence-electron chi connectivity index (χ3n) is 5.85. The van der Waals surface area contributed by atoms with Gasteiger partial charge in [-0.05, 0) is 48.4 Å². The van der Waals surface area contributed by atoms with E-state index < -0.39 is 23.3 Å². The Balaban J connectivity index is 2.03. The van der Waals surface area contributed by atoms with Gasteiger partial charge in [-0.25, -0.2) is 0 Å². The van der Waals surface area contributed by atoms with Crippen molar-refractivity contribution in [1.29, 1.82) is 0 Å². The third-order valence-corrected chi connectivity index (χ3v) is 5.85. The van der Waals surface area contributed by atoms with Crippen molar-refractivity contribution < 1.29 is 24.2 Å². The monoisotopic (exact) mass is 404 g/mol. The van der Waals surface area contributed by atoms with Crippen molar-refractivity contribution in [3.8, 4) is 5.75 Å². The molecule has 4 rings (SSSR count). The fourth-order valence-electron chi connectivity index (χ4n) is 4.71. The van der Waals surface area contributed by atoms with Gasteiger partial charge in [0.15, 0.2) is 5.92 Å². The average Bonchev–Trinajstić information content (AvgIpc) is 2.73. The summed E-state index contributed by atoms with van der Waals surface area (Å²) in [5.41, 5.74) is 1.70. The van der Waals surface area contributed by atoms with Crippen molar-refractivity contribution in [3.05, 3.63) is 77.4 Å². The Morgan fingerprint density at radius 3 is 2.10 bits per heavy atom. The van der Waals surface area contributed by atoms with Crippen molar-refractivity contribution in [2.24, 2.45) is 5.92 Å². The van der Waals surface area contributed by atoms with Gasteiger partial charge >= 0.3 is 11.9 Å². The molecule has 0 unspecified atom stereocenters. The Bertz CT molecular complexity index is 1090. The molecule has 30 heavy (non-hydrogen) atoms. The normalized spacial score (nSPS) is 17.3. The highest BCUT2D eigenvalue weighted by atomic mass is 16.6. The Morgan fingerprint density at radius 1 is 0.933 bits per heavy atom. The maximum absolute atomic E-state index is 13.1. The van der Waals surface area contributed by atoms with Crippen molar-refractivity contribution in [1.82, 2.24) is 0 Å². The van der Waals surface area contributed by atoms with E-state index in [2.05, 4.69) is 0 Å². The third kappa shape index (κ3) is 2.93. The summed E-state index contributed by atoms with van der Waals surface area (Å²) in [6, 6.07) is 18.8. The Labute approximate surface area is 175 Å². The molecule has 0 radical (unpaired) electrons. The van der Waals surface area contributed by atoms with Crippen LogP contribution >= 0.6 is 0 Å². The summed E-state index contributed by atoms with van der Waals surface area (Å²) >= 11 is 0. The van der Waals surface area contributed by atoms with E-state index in [9.17, 15) is 14.7 Å². The number of hydrogen-bond acceptors (Lipinski definition) is 5. The minimum atomic E-state index is -1.14. The number of ether oxygens (including phenoxy) is 2. The summed E-state index contributed by atoms with van der Waals surface area (Å²) < 4.78 is 10.7. The maximum atomic E-state index is 13.1. The molecule has 1 aliphatic carbocycles. The van der Waals surface area contributed by atoms with Crippen LogP contribution in [-0.4, -0.2) is 30.3 Å². The fraction of sp³-hybridized carbons (Fsp3) is 0.280. The molecule has 0 amide bonds. The molecule has 3 aromatic carbocycles. The van der Waals surface area contributed by atoms with Crippen molar-refractivity contribution in [2.75, 3.05) is 13.2 Å².